The molecule has 0 aliphatic rings. The predicted octanol–water partition coefficient (Wildman–Crippen LogP) is 8.42. The van der Waals surface area contributed by atoms with Gasteiger partial charge < -0.3 is 9.84 Å². The molecule has 1 N–H and O–H groups in total. The van der Waals surface area contributed by atoms with Crippen molar-refractivity contribution in [2.45, 2.75) is 39.5 Å². The maximum absolute atomic E-state index is 10.6. The van der Waals surface area contributed by atoms with E-state index in [0.717, 1.165) is 45.6 Å². The van der Waals surface area contributed by atoms with Crippen molar-refractivity contribution in [3.8, 4) is 34.3 Å². The highest BCUT2D eigenvalue weighted by Crippen LogP contribution is 2.38. The van der Waals surface area contributed by atoms with Crippen LogP contribution in [0.3, 0.4) is 0 Å². The smallest absolute Gasteiger partial charge is 0.217 e. The summed E-state index contributed by atoms with van der Waals surface area (Å²) in [6, 6.07) is 28.1. The monoisotopic (exact) mass is 476 g/mol. The molecule has 1 atom stereocenters. The number of unbranched alkanes of at least 4 members (excludes halogenated alkanes) is 1. The lowest BCUT2D eigenvalue weighted by Crippen LogP contribution is -2.12. The van der Waals surface area contributed by atoms with Crippen molar-refractivity contribution in [2.75, 3.05) is 6.61 Å². The molecule has 5 rings (SSSR count). The van der Waals surface area contributed by atoms with Crippen LogP contribution in [0.15, 0.2) is 84.9 Å². The summed E-state index contributed by atoms with van der Waals surface area (Å²) in [5.41, 5.74) is 2.42. The molecule has 182 valence electrons. The van der Waals surface area contributed by atoms with Crippen molar-refractivity contribution in [1.82, 2.24) is 9.97 Å². The molecule has 0 bridgehead atoms. The van der Waals surface area contributed by atoms with Crippen molar-refractivity contribution in [1.29, 1.82) is 0 Å². The first-order valence-electron chi connectivity index (χ1n) is 12.9. The standard InChI is InChI=1S/C32H32N2O2/c1-3-5-12-22(4-2)21-36-30-20-28(33-32(34-30)27-17-10-11-18-29(27)35)31-25-15-8-6-13-23(25)19-24-14-7-9-16-26(24)31/h6-11,13-20,22,35H,3-5,12,21H2,1-2H3. The number of nitrogens with zero attached hydrogens (tertiary/aromatic N) is 2. The molecule has 36 heavy (non-hydrogen) atoms. The Balaban J connectivity index is 1.68. The number of ether oxygens (including phenoxy) is 1. The average Bonchev–Trinajstić information content (AvgIpc) is 2.92. The average molecular weight is 477 g/mol. The molecule has 0 saturated carbocycles. The Bertz CT molecular complexity index is 1440. The van der Waals surface area contributed by atoms with Crippen molar-refractivity contribution in [2.24, 2.45) is 5.92 Å². The van der Waals surface area contributed by atoms with Gasteiger partial charge in [0.15, 0.2) is 5.82 Å². The van der Waals surface area contributed by atoms with Crippen LogP contribution in [0, 0.1) is 5.92 Å². The lowest BCUT2D eigenvalue weighted by Gasteiger charge is -2.17. The Hall–Kier alpha value is -3.92. The number of para-hydroxylation sites is 1. The van der Waals surface area contributed by atoms with Gasteiger partial charge in [-0.05, 0) is 52.1 Å². The van der Waals surface area contributed by atoms with Gasteiger partial charge in [-0.15, -0.1) is 0 Å². The first kappa shape index (κ1) is 23.8. The predicted molar refractivity (Wildman–Crippen MR) is 148 cm³/mol. The van der Waals surface area contributed by atoms with Crippen molar-refractivity contribution in [3.05, 3.63) is 84.9 Å². The van der Waals surface area contributed by atoms with E-state index in [1.54, 1.807) is 12.1 Å². The number of hydrogen-bond donors (Lipinski definition) is 1. The van der Waals surface area contributed by atoms with Gasteiger partial charge in [0.1, 0.15) is 5.75 Å². The molecule has 4 aromatic carbocycles. The molecule has 0 amide bonds. The van der Waals surface area contributed by atoms with E-state index in [0.29, 0.717) is 29.8 Å². The molecular formula is C32H32N2O2. The first-order valence-corrected chi connectivity index (χ1v) is 12.9. The Morgan fingerprint density at radius 1 is 0.806 bits per heavy atom. The highest BCUT2D eigenvalue weighted by Gasteiger charge is 2.17. The number of benzene rings is 4. The van der Waals surface area contributed by atoms with Crippen LogP contribution in [-0.4, -0.2) is 21.7 Å². The van der Waals surface area contributed by atoms with Gasteiger partial charge in [-0.2, -0.15) is 4.98 Å². The molecule has 0 aliphatic carbocycles. The number of phenols is 1. The second kappa shape index (κ2) is 10.8. The zero-order valence-electron chi connectivity index (χ0n) is 20.9. The fraction of sp³-hybridized carbons (Fsp3) is 0.250. The largest absolute Gasteiger partial charge is 0.507 e. The van der Waals surface area contributed by atoms with E-state index < -0.39 is 0 Å². The fourth-order valence-electron chi connectivity index (χ4n) is 4.80. The summed E-state index contributed by atoms with van der Waals surface area (Å²) in [5.74, 6) is 1.62. The van der Waals surface area contributed by atoms with Crippen LogP contribution < -0.4 is 4.74 Å². The van der Waals surface area contributed by atoms with Gasteiger partial charge in [-0.3, -0.25) is 0 Å². The topological polar surface area (TPSA) is 55.2 Å². The van der Waals surface area contributed by atoms with E-state index >= 15 is 0 Å². The maximum atomic E-state index is 10.6. The van der Waals surface area contributed by atoms with Crippen LogP contribution >= 0.6 is 0 Å². The molecule has 1 unspecified atom stereocenters. The minimum absolute atomic E-state index is 0.151. The van der Waals surface area contributed by atoms with E-state index in [-0.39, 0.29) is 5.75 Å². The van der Waals surface area contributed by atoms with Crippen LogP contribution in [-0.2, 0) is 0 Å². The summed E-state index contributed by atoms with van der Waals surface area (Å²) < 4.78 is 6.31. The molecular weight excluding hydrogens is 444 g/mol. The minimum Gasteiger partial charge on any atom is -0.507 e. The fourth-order valence-corrected chi connectivity index (χ4v) is 4.80. The van der Waals surface area contributed by atoms with Gasteiger partial charge in [-0.1, -0.05) is 93.8 Å². The number of fused-ring (bicyclic) bond motifs is 2. The summed E-state index contributed by atoms with van der Waals surface area (Å²) in [5, 5.41) is 15.1. The van der Waals surface area contributed by atoms with E-state index in [9.17, 15) is 5.11 Å². The Morgan fingerprint density at radius 2 is 1.47 bits per heavy atom. The van der Waals surface area contributed by atoms with Crippen LogP contribution in [0.4, 0.5) is 0 Å². The van der Waals surface area contributed by atoms with Gasteiger partial charge in [0.05, 0.1) is 17.9 Å². The number of aromatic nitrogens is 2. The molecule has 0 fully saturated rings. The molecule has 0 radical (unpaired) electrons. The summed E-state index contributed by atoms with van der Waals surface area (Å²) in [4.78, 5) is 9.72. The molecule has 4 heteroatoms. The van der Waals surface area contributed by atoms with Crippen LogP contribution in [0.5, 0.6) is 11.6 Å². The summed E-state index contributed by atoms with van der Waals surface area (Å²) in [6.07, 6.45) is 4.59. The number of rotatable bonds is 9. The first-order chi connectivity index (χ1) is 17.7. The Labute approximate surface area is 212 Å². The number of hydrogen-bond acceptors (Lipinski definition) is 4. The molecule has 0 aliphatic heterocycles. The zero-order chi connectivity index (χ0) is 24.9. The SMILES string of the molecule is CCCCC(CC)COc1cc(-c2c3ccccc3cc3ccccc23)nc(-c2ccccc2O)n1. The van der Waals surface area contributed by atoms with Gasteiger partial charge in [-0.25, -0.2) is 4.98 Å². The second-order valence-electron chi connectivity index (χ2n) is 9.35. The quantitative estimate of drug-likeness (QED) is 0.217. The molecule has 1 heterocycles. The third kappa shape index (κ3) is 4.90. The van der Waals surface area contributed by atoms with Crippen LogP contribution in [0.1, 0.15) is 39.5 Å². The maximum Gasteiger partial charge on any atom is 0.217 e. The van der Waals surface area contributed by atoms with E-state index in [2.05, 4.69) is 68.4 Å². The second-order valence-corrected chi connectivity index (χ2v) is 9.35. The highest BCUT2D eigenvalue weighted by molar-refractivity contribution is 6.12. The molecule has 1 aromatic heterocycles. The third-order valence-corrected chi connectivity index (χ3v) is 6.89. The highest BCUT2D eigenvalue weighted by atomic mass is 16.5. The lowest BCUT2D eigenvalue weighted by molar-refractivity contribution is 0.226. The molecule has 0 saturated heterocycles. The van der Waals surface area contributed by atoms with Crippen LogP contribution in [0.25, 0.3) is 44.2 Å². The van der Waals surface area contributed by atoms with Gasteiger partial charge in [0, 0.05) is 11.6 Å². The van der Waals surface area contributed by atoms with Crippen molar-refractivity contribution < 1.29 is 9.84 Å². The summed E-state index contributed by atoms with van der Waals surface area (Å²) in [7, 11) is 0. The Kier molecular flexibility index (Phi) is 7.13. The summed E-state index contributed by atoms with van der Waals surface area (Å²) in [6.45, 7) is 5.05. The number of phenolic OH excluding ortho intramolecular Hbond substituents is 1. The Morgan fingerprint density at radius 3 is 2.14 bits per heavy atom. The lowest BCUT2D eigenvalue weighted by atomic mass is 9.94. The zero-order valence-corrected chi connectivity index (χ0v) is 20.9. The van der Waals surface area contributed by atoms with Crippen molar-refractivity contribution in [3.63, 3.8) is 0 Å². The van der Waals surface area contributed by atoms with E-state index in [1.807, 2.05) is 18.2 Å². The normalized spacial score (nSPS) is 12.2. The van der Waals surface area contributed by atoms with Crippen LogP contribution in [0.2, 0.25) is 0 Å². The third-order valence-electron chi connectivity index (χ3n) is 6.89. The molecule has 4 nitrogen and oxygen atoms in total. The van der Waals surface area contributed by atoms with E-state index in [1.165, 1.54) is 12.8 Å². The van der Waals surface area contributed by atoms with Gasteiger partial charge in [0.25, 0.3) is 0 Å². The molecule has 5 aromatic rings. The molecule has 0 spiro atoms. The van der Waals surface area contributed by atoms with Gasteiger partial charge in [0.2, 0.25) is 5.88 Å². The van der Waals surface area contributed by atoms with Crippen molar-refractivity contribution >= 4 is 21.5 Å². The minimum atomic E-state index is 0.151. The number of aromatic hydroxyl groups is 1. The van der Waals surface area contributed by atoms with Gasteiger partial charge >= 0.3 is 0 Å². The summed E-state index contributed by atoms with van der Waals surface area (Å²) >= 11 is 0. The van der Waals surface area contributed by atoms with E-state index in [4.69, 9.17) is 14.7 Å².